The standard InChI is InChI=1S/C11H14BrN3O2S/c1-11(2,14)7-15-18(16,17)10-4-8(6-13)3-9(12)5-10/h3-5,15H,7,14H2,1-2H3. The Morgan fingerprint density at radius 2 is 2.06 bits per heavy atom. The van der Waals surface area contributed by atoms with E-state index in [1.807, 2.05) is 6.07 Å². The maximum atomic E-state index is 12.0. The first-order chi connectivity index (χ1) is 8.14. The molecule has 18 heavy (non-hydrogen) atoms. The van der Waals surface area contributed by atoms with Crippen LogP contribution in [0, 0.1) is 11.3 Å². The Bertz CT molecular complexity index is 585. The molecule has 0 spiro atoms. The number of hydrogen-bond donors (Lipinski definition) is 2. The summed E-state index contributed by atoms with van der Waals surface area (Å²) in [6.07, 6.45) is 0. The van der Waals surface area contributed by atoms with Gasteiger partial charge in [-0.2, -0.15) is 5.26 Å². The molecule has 0 heterocycles. The monoisotopic (exact) mass is 331 g/mol. The third kappa shape index (κ3) is 4.38. The zero-order valence-electron chi connectivity index (χ0n) is 10.1. The van der Waals surface area contributed by atoms with E-state index in [2.05, 4.69) is 20.7 Å². The third-order valence-corrected chi connectivity index (χ3v) is 3.87. The number of nitrogens with one attached hydrogen (secondary N) is 1. The number of halogens is 1. The van der Waals surface area contributed by atoms with E-state index >= 15 is 0 Å². The Hall–Kier alpha value is -0.940. The van der Waals surface area contributed by atoms with Crippen LogP contribution in [-0.2, 0) is 10.0 Å². The van der Waals surface area contributed by atoms with Crippen LogP contribution in [0.2, 0.25) is 0 Å². The molecule has 0 atom stereocenters. The van der Waals surface area contributed by atoms with Gasteiger partial charge in [-0.25, -0.2) is 13.1 Å². The van der Waals surface area contributed by atoms with Gasteiger partial charge in [0.05, 0.1) is 16.5 Å². The van der Waals surface area contributed by atoms with Gasteiger partial charge in [-0.15, -0.1) is 0 Å². The van der Waals surface area contributed by atoms with E-state index in [9.17, 15) is 8.42 Å². The highest BCUT2D eigenvalue weighted by atomic mass is 79.9. The minimum absolute atomic E-state index is 0.0395. The first-order valence-electron chi connectivity index (χ1n) is 5.13. The molecule has 0 fully saturated rings. The lowest BCUT2D eigenvalue weighted by Crippen LogP contribution is -2.45. The Morgan fingerprint density at radius 1 is 1.44 bits per heavy atom. The van der Waals surface area contributed by atoms with E-state index in [4.69, 9.17) is 11.0 Å². The van der Waals surface area contributed by atoms with Gasteiger partial charge in [0.15, 0.2) is 0 Å². The van der Waals surface area contributed by atoms with E-state index in [-0.39, 0.29) is 17.0 Å². The lowest BCUT2D eigenvalue weighted by atomic mass is 10.1. The molecule has 0 unspecified atom stereocenters. The molecule has 0 radical (unpaired) electrons. The van der Waals surface area contributed by atoms with Crippen molar-refractivity contribution in [2.45, 2.75) is 24.3 Å². The van der Waals surface area contributed by atoms with Crippen LogP contribution in [0.1, 0.15) is 19.4 Å². The lowest BCUT2D eigenvalue weighted by Gasteiger charge is -2.19. The van der Waals surface area contributed by atoms with Gasteiger partial charge in [0.2, 0.25) is 10.0 Å². The zero-order chi connectivity index (χ0) is 14.0. The van der Waals surface area contributed by atoms with Crippen LogP contribution >= 0.6 is 15.9 Å². The second kappa shape index (κ2) is 5.36. The molecule has 3 N–H and O–H groups in total. The maximum absolute atomic E-state index is 12.0. The zero-order valence-corrected chi connectivity index (χ0v) is 12.5. The van der Waals surface area contributed by atoms with Gasteiger partial charge in [0, 0.05) is 16.6 Å². The SMILES string of the molecule is CC(C)(N)CNS(=O)(=O)c1cc(Br)cc(C#N)c1. The fourth-order valence-corrected chi connectivity index (χ4v) is 3.08. The van der Waals surface area contributed by atoms with Gasteiger partial charge < -0.3 is 5.73 Å². The molecular formula is C11H14BrN3O2S. The van der Waals surface area contributed by atoms with Gasteiger partial charge in [-0.05, 0) is 32.0 Å². The van der Waals surface area contributed by atoms with Crippen molar-refractivity contribution in [3.63, 3.8) is 0 Å². The smallest absolute Gasteiger partial charge is 0.240 e. The number of benzene rings is 1. The second-order valence-electron chi connectivity index (χ2n) is 4.60. The summed E-state index contributed by atoms with van der Waals surface area (Å²) >= 11 is 3.17. The van der Waals surface area contributed by atoms with Crippen molar-refractivity contribution in [3.8, 4) is 6.07 Å². The van der Waals surface area contributed by atoms with E-state index in [0.717, 1.165) is 0 Å². The Balaban J connectivity index is 3.06. The molecule has 0 aliphatic heterocycles. The first kappa shape index (κ1) is 15.1. The minimum Gasteiger partial charge on any atom is -0.324 e. The van der Waals surface area contributed by atoms with Gasteiger partial charge in [-0.3, -0.25) is 0 Å². The predicted octanol–water partition coefficient (Wildman–Crippen LogP) is 1.34. The fraction of sp³-hybridized carbons (Fsp3) is 0.364. The number of rotatable bonds is 4. The summed E-state index contributed by atoms with van der Waals surface area (Å²) < 4.78 is 27.0. The summed E-state index contributed by atoms with van der Waals surface area (Å²) in [6, 6.07) is 6.21. The summed E-state index contributed by atoms with van der Waals surface area (Å²) in [5, 5.41) is 8.81. The van der Waals surface area contributed by atoms with E-state index < -0.39 is 15.6 Å². The van der Waals surface area contributed by atoms with Gasteiger partial charge in [0.1, 0.15) is 0 Å². The van der Waals surface area contributed by atoms with Crippen molar-refractivity contribution in [3.05, 3.63) is 28.2 Å². The maximum Gasteiger partial charge on any atom is 0.240 e. The molecular weight excluding hydrogens is 318 g/mol. The molecule has 7 heteroatoms. The minimum atomic E-state index is -3.66. The highest BCUT2D eigenvalue weighted by molar-refractivity contribution is 9.10. The number of hydrogen-bond acceptors (Lipinski definition) is 4. The molecule has 1 aromatic rings. The van der Waals surface area contributed by atoms with Gasteiger partial charge >= 0.3 is 0 Å². The Kier molecular flexibility index (Phi) is 4.50. The number of nitrogens with zero attached hydrogens (tertiary/aromatic N) is 1. The van der Waals surface area contributed by atoms with Crippen molar-refractivity contribution in [1.82, 2.24) is 4.72 Å². The van der Waals surface area contributed by atoms with Crippen molar-refractivity contribution >= 4 is 26.0 Å². The molecule has 98 valence electrons. The summed E-state index contributed by atoms with van der Waals surface area (Å²) in [5.41, 5.74) is 5.35. The van der Waals surface area contributed by atoms with Crippen LogP contribution in [0.5, 0.6) is 0 Å². The molecule has 0 aliphatic carbocycles. The van der Waals surface area contributed by atoms with Crippen LogP contribution in [0.4, 0.5) is 0 Å². The van der Waals surface area contributed by atoms with E-state index in [1.165, 1.54) is 12.1 Å². The fourth-order valence-electron chi connectivity index (χ4n) is 1.15. The molecule has 0 bridgehead atoms. The molecule has 0 saturated carbocycles. The van der Waals surface area contributed by atoms with Gasteiger partial charge in [-0.1, -0.05) is 15.9 Å². The molecule has 0 aromatic heterocycles. The highest BCUT2D eigenvalue weighted by Gasteiger charge is 2.19. The van der Waals surface area contributed by atoms with Crippen LogP contribution in [0.15, 0.2) is 27.6 Å². The summed E-state index contributed by atoms with van der Waals surface area (Å²) in [5.74, 6) is 0. The van der Waals surface area contributed by atoms with Crippen molar-refractivity contribution < 1.29 is 8.42 Å². The summed E-state index contributed by atoms with van der Waals surface area (Å²) in [6.45, 7) is 3.55. The van der Waals surface area contributed by atoms with E-state index in [1.54, 1.807) is 19.9 Å². The van der Waals surface area contributed by atoms with Crippen molar-refractivity contribution in [2.24, 2.45) is 5.73 Å². The van der Waals surface area contributed by atoms with Crippen molar-refractivity contribution in [2.75, 3.05) is 6.54 Å². The number of sulfonamides is 1. The topological polar surface area (TPSA) is 96.0 Å². The normalized spacial score (nSPS) is 12.2. The molecule has 0 aliphatic rings. The van der Waals surface area contributed by atoms with Crippen LogP contribution in [0.25, 0.3) is 0 Å². The highest BCUT2D eigenvalue weighted by Crippen LogP contribution is 2.19. The Labute approximate surface area is 115 Å². The number of nitriles is 1. The molecule has 0 saturated heterocycles. The summed E-state index contributed by atoms with van der Waals surface area (Å²) in [4.78, 5) is 0.0395. The molecule has 1 rings (SSSR count). The Morgan fingerprint density at radius 3 is 2.56 bits per heavy atom. The van der Waals surface area contributed by atoms with Crippen LogP contribution in [0.3, 0.4) is 0 Å². The number of nitrogens with two attached hydrogens (primary N) is 1. The summed E-state index contributed by atoms with van der Waals surface area (Å²) in [7, 11) is -3.66. The third-order valence-electron chi connectivity index (χ3n) is 2.03. The second-order valence-corrected chi connectivity index (χ2v) is 7.28. The van der Waals surface area contributed by atoms with Gasteiger partial charge in [0.25, 0.3) is 0 Å². The predicted molar refractivity (Wildman–Crippen MR) is 72.3 cm³/mol. The average molecular weight is 332 g/mol. The van der Waals surface area contributed by atoms with Crippen LogP contribution in [-0.4, -0.2) is 20.5 Å². The van der Waals surface area contributed by atoms with E-state index in [0.29, 0.717) is 4.47 Å². The lowest BCUT2D eigenvalue weighted by molar-refractivity contribution is 0.498. The molecule has 1 aromatic carbocycles. The molecule has 0 amide bonds. The largest absolute Gasteiger partial charge is 0.324 e. The quantitative estimate of drug-likeness (QED) is 0.869. The van der Waals surface area contributed by atoms with Crippen LogP contribution < -0.4 is 10.5 Å². The first-order valence-corrected chi connectivity index (χ1v) is 7.41. The molecule has 5 nitrogen and oxygen atoms in total. The van der Waals surface area contributed by atoms with Crippen molar-refractivity contribution in [1.29, 1.82) is 5.26 Å². The average Bonchev–Trinajstić information content (AvgIpc) is 2.25.